The monoisotopic (exact) mass is 294 g/mol. The number of nitrogens with one attached hydrogen (secondary N) is 1. The minimum atomic E-state index is -0.0320. The molecule has 110 valence electrons. The van der Waals surface area contributed by atoms with Crippen LogP contribution in [-0.4, -0.2) is 16.9 Å². The predicted octanol–water partition coefficient (Wildman–Crippen LogP) is 3.85. The van der Waals surface area contributed by atoms with E-state index < -0.39 is 0 Å². The first-order valence-electron chi connectivity index (χ1n) is 7.47. The summed E-state index contributed by atoms with van der Waals surface area (Å²) in [6.07, 6.45) is 4.21. The number of halogens is 1. The predicted molar refractivity (Wildman–Crippen MR) is 82.1 cm³/mol. The number of nitrogens with zero attached hydrogens (tertiary/aromatic N) is 1. The van der Waals surface area contributed by atoms with E-state index in [9.17, 15) is 4.79 Å². The average molecular weight is 295 g/mol. The molecule has 1 aliphatic carbocycles. The molecule has 0 aromatic carbocycles. The lowest BCUT2D eigenvalue weighted by Crippen LogP contribution is -2.42. The summed E-state index contributed by atoms with van der Waals surface area (Å²) in [5.41, 5.74) is 1.47. The van der Waals surface area contributed by atoms with Crippen LogP contribution < -0.4 is 5.32 Å². The average Bonchev–Trinajstić information content (AvgIpc) is 2.41. The third-order valence-electron chi connectivity index (χ3n) is 4.22. The van der Waals surface area contributed by atoms with Crippen molar-refractivity contribution in [1.82, 2.24) is 10.3 Å². The standard InChI is InChI=1S/C16H23ClN2O/c1-4-13-8-12(9-15(17)18-13)16(20)19-14-6-5-10(2)7-11(14)3/h8-11,14H,4-7H2,1-3H3,(H,19,20). The van der Waals surface area contributed by atoms with E-state index in [1.807, 2.05) is 13.0 Å². The summed E-state index contributed by atoms with van der Waals surface area (Å²) in [7, 11) is 0. The highest BCUT2D eigenvalue weighted by Gasteiger charge is 2.26. The van der Waals surface area contributed by atoms with Gasteiger partial charge in [-0.25, -0.2) is 4.98 Å². The van der Waals surface area contributed by atoms with Gasteiger partial charge in [-0.15, -0.1) is 0 Å². The fourth-order valence-electron chi connectivity index (χ4n) is 2.99. The van der Waals surface area contributed by atoms with Crippen molar-refractivity contribution in [3.8, 4) is 0 Å². The molecule has 0 bridgehead atoms. The Balaban J connectivity index is 2.06. The summed E-state index contributed by atoms with van der Waals surface area (Å²) in [5.74, 6) is 1.27. The first-order valence-corrected chi connectivity index (χ1v) is 7.84. The third kappa shape index (κ3) is 3.72. The Hall–Kier alpha value is -1.09. The summed E-state index contributed by atoms with van der Waals surface area (Å²) in [6.45, 7) is 6.51. The molecule has 1 amide bonds. The molecule has 0 saturated heterocycles. The van der Waals surface area contributed by atoms with Crippen molar-refractivity contribution in [2.75, 3.05) is 0 Å². The fourth-order valence-corrected chi connectivity index (χ4v) is 3.22. The van der Waals surface area contributed by atoms with Gasteiger partial charge in [0.1, 0.15) is 5.15 Å². The minimum Gasteiger partial charge on any atom is -0.349 e. The Bertz CT molecular complexity index is 489. The normalized spacial score (nSPS) is 26.3. The lowest BCUT2D eigenvalue weighted by molar-refractivity contribution is 0.0899. The number of amides is 1. The molecule has 1 saturated carbocycles. The fraction of sp³-hybridized carbons (Fsp3) is 0.625. The second-order valence-electron chi connectivity index (χ2n) is 6.00. The molecule has 1 aromatic rings. The number of aromatic nitrogens is 1. The van der Waals surface area contributed by atoms with Crippen LogP contribution in [0.15, 0.2) is 12.1 Å². The smallest absolute Gasteiger partial charge is 0.251 e. The molecule has 1 N–H and O–H groups in total. The van der Waals surface area contributed by atoms with E-state index in [2.05, 4.69) is 24.1 Å². The van der Waals surface area contributed by atoms with Gasteiger partial charge in [0, 0.05) is 17.3 Å². The van der Waals surface area contributed by atoms with Gasteiger partial charge in [0.25, 0.3) is 5.91 Å². The number of pyridine rings is 1. The van der Waals surface area contributed by atoms with Gasteiger partial charge in [0.15, 0.2) is 0 Å². The van der Waals surface area contributed by atoms with E-state index in [0.29, 0.717) is 16.6 Å². The van der Waals surface area contributed by atoms with Crippen molar-refractivity contribution in [1.29, 1.82) is 0 Å². The minimum absolute atomic E-state index is 0.0320. The molecule has 3 nitrogen and oxygen atoms in total. The molecule has 20 heavy (non-hydrogen) atoms. The molecule has 4 heteroatoms. The van der Waals surface area contributed by atoms with Gasteiger partial charge in [0.2, 0.25) is 0 Å². The van der Waals surface area contributed by atoms with Crippen LogP contribution in [0.25, 0.3) is 0 Å². The van der Waals surface area contributed by atoms with Crippen LogP contribution in [0.3, 0.4) is 0 Å². The topological polar surface area (TPSA) is 42.0 Å². The summed E-state index contributed by atoms with van der Waals surface area (Å²) in [4.78, 5) is 16.6. The van der Waals surface area contributed by atoms with Crippen molar-refractivity contribution in [2.45, 2.75) is 52.5 Å². The van der Waals surface area contributed by atoms with E-state index in [0.717, 1.165) is 24.5 Å². The summed E-state index contributed by atoms with van der Waals surface area (Å²) in [6, 6.07) is 3.75. The van der Waals surface area contributed by atoms with Gasteiger partial charge in [-0.05, 0) is 49.7 Å². The Morgan fingerprint density at radius 2 is 2.15 bits per heavy atom. The first-order chi connectivity index (χ1) is 9.49. The Morgan fingerprint density at radius 3 is 2.80 bits per heavy atom. The van der Waals surface area contributed by atoms with Crippen molar-refractivity contribution in [2.24, 2.45) is 11.8 Å². The summed E-state index contributed by atoms with van der Waals surface area (Å²) < 4.78 is 0. The number of hydrogen-bond donors (Lipinski definition) is 1. The SMILES string of the molecule is CCc1cc(C(=O)NC2CCC(C)CC2C)cc(Cl)n1. The molecule has 3 unspecified atom stereocenters. The van der Waals surface area contributed by atoms with Crippen LogP contribution in [0, 0.1) is 11.8 Å². The van der Waals surface area contributed by atoms with Crippen LogP contribution in [0.4, 0.5) is 0 Å². The zero-order chi connectivity index (χ0) is 14.7. The van der Waals surface area contributed by atoms with E-state index in [1.165, 1.54) is 12.8 Å². The highest BCUT2D eigenvalue weighted by Crippen LogP contribution is 2.28. The zero-order valence-corrected chi connectivity index (χ0v) is 13.2. The van der Waals surface area contributed by atoms with Crippen LogP contribution in [0.1, 0.15) is 56.1 Å². The zero-order valence-electron chi connectivity index (χ0n) is 12.4. The maximum atomic E-state index is 12.4. The van der Waals surface area contributed by atoms with E-state index >= 15 is 0 Å². The number of aryl methyl sites for hydroxylation is 1. The van der Waals surface area contributed by atoms with E-state index in [1.54, 1.807) is 6.07 Å². The summed E-state index contributed by atoms with van der Waals surface area (Å²) in [5, 5.41) is 3.55. The van der Waals surface area contributed by atoms with E-state index in [4.69, 9.17) is 11.6 Å². The number of hydrogen-bond acceptors (Lipinski definition) is 2. The second kappa shape index (κ2) is 6.57. The first kappa shape index (κ1) is 15.3. The molecule has 1 aliphatic rings. The Kier molecular flexibility index (Phi) is 5.03. The Labute approximate surface area is 126 Å². The molecule has 1 aromatic heterocycles. The van der Waals surface area contributed by atoms with Crippen LogP contribution in [-0.2, 0) is 6.42 Å². The highest BCUT2D eigenvalue weighted by molar-refractivity contribution is 6.29. The molecule has 1 heterocycles. The lowest BCUT2D eigenvalue weighted by Gasteiger charge is -2.33. The van der Waals surface area contributed by atoms with Gasteiger partial charge in [-0.2, -0.15) is 0 Å². The molecular formula is C16H23ClN2O. The molecule has 0 spiro atoms. The molecule has 3 atom stereocenters. The van der Waals surface area contributed by atoms with Gasteiger partial charge in [-0.3, -0.25) is 4.79 Å². The van der Waals surface area contributed by atoms with Gasteiger partial charge in [0.05, 0.1) is 0 Å². The van der Waals surface area contributed by atoms with E-state index in [-0.39, 0.29) is 11.9 Å². The number of rotatable bonds is 3. The Morgan fingerprint density at radius 1 is 1.40 bits per heavy atom. The maximum Gasteiger partial charge on any atom is 0.251 e. The van der Waals surface area contributed by atoms with Crippen LogP contribution in [0.5, 0.6) is 0 Å². The van der Waals surface area contributed by atoms with Gasteiger partial charge < -0.3 is 5.32 Å². The molecule has 0 aliphatic heterocycles. The molecule has 2 rings (SSSR count). The van der Waals surface area contributed by atoms with Crippen molar-refractivity contribution in [3.63, 3.8) is 0 Å². The van der Waals surface area contributed by atoms with Crippen LogP contribution >= 0.6 is 11.6 Å². The maximum absolute atomic E-state index is 12.4. The van der Waals surface area contributed by atoms with Gasteiger partial charge >= 0.3 is 0 Å². The molecule has 0 radical (unpaired) electrons. The highest BCUT2D eigenvalue weighted by atomic mass is 35.5. The van der Waals surface area contributed by atoms with Crippen molar-refractivity contribution < 1.29 is 4.79 Å². The molecule has 1 fully saturated rings. The number of carbonyl (C=O) groups is 1. The van der Waals surface area contributed by atoms with Crippen molar-refractivity contribution >= 4 is 17.5 Å². The third-order valence-corrected chi connectivity index (χ3v) is 4.41. The summed E-state index contributed by atoms with van der Waals surface area (Å²) >= 11 is 5.97. The lowest BCUT2D eigenvalue weighted by atomic mass is 9.80. The van der Waals surface area contributed by atoms with Crippen LogP contribution in [0.2, 0.25) is 5.15 Å². The quantitative estimate of drug-likeness (QED) is 0.860. The van der Waals surface area contributed by atoms with Crippen molar-refractivity contribution in [3.05, 3.63) is 28.5 Å². The number of carbonyl (C=O) groups excluding carboxylic acids is 1. The van der Waals surface area contributed by atoms with Gasteiger partial charge in [-0.1, -0.05) is 32.4 Å². The second-order valence-corrected chi connectivity index (χ2v) is 6.39. The largest absolute Gasteiger partial charge is 0.349 e. The molecular weight excluding hydrogens is 272 g/mol.